The van der Waals surface area contributed by atoms with E-state index in [1.54, 1.807) is 6.20 Å². The third-order valence-corrected chi connectivity index (χ3v) is 4.74. The molecule has 0 aliphatic rings. The van der Waals surface area contributed by atoms with E-state index in [2.05, 4.69) is 25.6 Å². The molecule has 4 aromatic rings. The van der Waals surface area contributed by atoms with Crippen LogP contribution in [0.15, 0.2) is 60.1 Å². The van der Waals surface area contributed by atoms with Crippen molar-refractivity contribution in [3.8, 4) is 11.3 Å². The summed E-state index contributed by atoms with van der Waals surface area (Å²) in [6.45, 7) is 2.04. The molecule has 0 unspecified atom stereocenters. The molecule has 0 atom stereocenters. The highest BCUT2D eigenvalue weighted by molar-refractivity contribution is 7.14. The number of fused-ring (bicyclic) bond motifs is 1. The Morgan fingerprint density at radius 2 is 1.81 bits per heavy atom. The highest BCUT2D eigenvalue weighted by atomic mass is 32.1. The molecule has 0 radical (unpaired) electrons. The molecule has 0 saturated carbocycles. The number of carbonyl (C=O) groups excluding carboxylic acids is 1. The van der Waals surface area contributed by atoms with Crippen LogP contribution >= 0.6 is 11.3 Å². The van der Waals surface area contributed by atoms with Gasteiger partial charge in [0.1, 0.15) is 0 Å². The molecular weight excluding hydrogens is 358 g/mol. The van der Waals surface area contributed by atoms with Crippen LogP contribution in [0.1, 0.15) is 12.5 Å². The monoisotopic (exact) mass is 375 g/mol. The Morgan fingerprint density at radius 3 is 2.59 bits per heavy atom. The van der Waals surface area contributed by atoms with Crippen LogP contribution in [0.5, 0.6) is 0 Å². The molecule has 134 valence electrons. The lowest BCUT2D eigenvalue weighted by Gasteiger charge is -2.04. The van der Waals surface area contributed by atoms with Gasteiger partial charge >= 0.3 is 0 Å². The van der Waals surface area contributed by atoms with Crippen molar-refractivity contribution in [1.29, 1.82) is 0 Å². The quantitative estimate of drug-likeness (QED) is 0.548. The topological polar surface area (TPSA) is 79.8 Å². The standard InChI is InChI=1S/C20H17N5OS/c1-13(26)21-10-14-6-8-15(9-7-14)18-12-27-20(24-18)25-19-11-22-16-4-2-3-5-17(16)23-19/h2-9,11-12H,10H2,1H3,(H,21,26)(H,23,24,25). The van der Waals surface area contributed by atoms with Crippen molar-refractivity contribution >= 4 is 39.2 Å². The molecule has 2 heterocycles. The summed E-state index contributed by atoms with van der Waals surface area (Å²) in [4.78, 5) is 24.6. The molecule has 0 spiro atoms. The van der Waals surface area contributed by atoms with Crippen molar-refractivity contribution in [3.63, 3.8) is 0 Å². The number of hydrogen-bond acceptors (Lipinski definition) is 6. The van der Waals surface area contributed by atoms with Crippen LogP contribution in [-0.2, 0) is 11.3 Å². The van der Waals surface area contributed by atoms with Gasteiger partial charge in [0, 0.05) is 24.4 Å². The summed E-state index contributed by atoms with van der Waals surface area (Å²) in [5.74, 6) is 0.631. The van der Waals surface area contributed by atoms with Crippen LogP contribution < -0.4 is 10.6 Å². The Morgan fingerprint density at radius 1 is 1.04 bits per heavy atom. The molecule has 7 heteroatoms. The lowest BCUT2D eigenvalue weighted by molar-refractivity contribution is -0.119. The van der Waals surface area contributed by atoms with Gasteiger partial charge in [0.25, 0.3) is 0 Å². The van der Waals surface area contributed by atoms with E-state index in [0.29, 0.717) is 12.4 Å². The van der Waals surface area contributed by atoms with E-state index in [9.17, 15) is 4.79 Å². The van der Waals surface area contributed by atoms with E-state index in [0.717, 1.165) is 33.0 Å². The summed E-state index contributed by atoms with van der Waals surface area (Å²) in [6, 6.07) is 15.7. The number of anilines is 2. The average Bonchev–Trinajstić information content (AvgIpc) is 3.15. The molecule has 27 heavy (non-hydrogen) atoms. The number of hydrogen-bond donors (Lipinski definition) is 2. The first-order chi connectivity index (χ1) is 13.2. The molecule has 6 nitrogen and oxygen atoms in total. The van der Waals surface area contributed by atoms with Gasteiger partial charge in [-0.05, 0) is 17.7 Å². The number of nitrogens with one attached hydrogen (secondary N) is 2. The van der Waals surface area contributed by atoms with E-state index < -0.39 is 0 Å². The van der Waals surface area contributed by atoms with Gasteiger partial charge in [-0.3, -0.25) is 9.78 Å². The molecule has 0 aliphatic heterocycles. The van der Waals surface area contributed by atoms with Crippen LogP contribution in [0.2, 0.25) is 0 Å². The first-order valence-electron chi connectivity index (χ1n) is 8.45. The van der Waals surface area contributed by atoms with Crippen molar-refractivity contribution in [2.75, 3.05) is 5.32 Å². The normalized spacial score (nSPS) is 10.7. The molecule has 2 aromatic carbocycles. The van der Waals surface area contributed by atoms with Gasteiger partial charge in [0.15, 0.2) is 10.9 Å². The predicted octanol–water partition coefficient (Wildman–Crippen LogP) is 4.13. The van der Waals surface area contributed by atoms with Crippen LogP contribution in [0.3, 0.4) is 0 Å². The molecule has 1 amide bonds. The SMILES string of the molecule is CC(=O)NCc1ccc(-c2csc(Nc3cnc4ccccc4n3)n2)cc1. The number of thiazole rings is 1. The Balaban J connectivity index is 1.48. The van der Waals surface area contributed by atoms with Gasteiger partial charge in [0.2, 0.25) is 5.91 Å². The Hall–Kier alpha value is -3.32. The van der Waals surface area contributed by atoms with Crippen LogP contribution in [0.4, 0.5) is 10.9 Å². The van der Waals surface area contributed by atoms with E-state index in [4.69, 9.17) is 0 Å². The zero-order valence-corrected chi connectivity index (χ0v) is 15.5. The summed E-state index contributed by atoms with van der Waals surface area (Å²) in [7, 11) is 0. The second-order valence-corrected chi connectivity index (χ2v) is 6.87. The molecule has 2 aromatic heterocycles. The van der Waals surface area contributed by atoms with E-state index >= 15 is 0 Å². The fourth-order valence-electron chi connectivity index (χ4n) is 2.61. The van der Waals surface area contributed by atoms with Gasteiger partial charge in [0.05, 0.1) is 22.9 Å². The second-order valence-electron chi connectivity index (χ2n) is 6.01. The molecule has 2 N–H and O–H groups in total. The first-order valence-corrected chi connectivity index (χ1v) is 9.33. The van der Waals surface area contributed by atoms with Crippen molar-refractivity contribution in [1.82, 2.24) is 20.3 Å². The lowest BCUT2D eigenvalue weighted by Crippen LogP contribution is -2.18. The predicted molar refractivity (Wildman–Crippen MR) is 108 cm³/mol. The summed E-state index contributed by atoms with van der Waals surface area (Å²) in [5, 5.41) is 8.77. The number of carbonyl (C=O) groups is 1. The van der Waals surface area contributed by atoms with Crippen molar-refractivity contribution in [2.24, 2.45) is 0 Å². The minimum Gasteiger partial charge on any atom is -0.352 e. The molecule has 0 saturated heterocycles. The average molecular weight is 375 g/mol. The number of rotatable bonds is 5. The third-order valence-electron chi connectivity index (χ3n) is 3.98. The van der Waals surface area contributed by atoms with Gasteiger partial charge < -0.3 is 10.6 Å². The largest absolute Gasteiger partial charge is 0.352 e. The highest BCUT2D eigenvalue weighted by Gasteiger charge is 2.07. The summed E-state index contributed by atoms with van der Waals surface area (Å²) >= 11 is 1.52. The van der Waals surface area contributed by atoms with Crippen LogP contribution in [0.25, 0.3) is 22.3 Å². The fourth-order valence-corrected chi connectivity index (χ4v) is 3.34. The number of para-hydroxylation sites is 2. The maximum Gasteiger partial charge on any atom is 0.217 e. The van der Waals surface area contributed by atoms with Crippen molar-refractivity contribution < 1.29 is 4.79 Å². The van der Waals surface area contributed by atoms with Gasteiger partial charge in [-0.2, -0.15) is 0 Å². The maximum absolute atomic E-state index is 11.0. The lowest BCUT2D eigenvalue weighted by atomic mass is 10.1. The summed E-state index contributed by atoms with van der Waals surface area (Å²) < 4.78 is 0. The number of benzene rings is 2. The van der Waals surface area contributed by atoms with E-state index in [1.165, 1.54) is 18.3 Å². The molecule has 0 fully saturated rings. The van der Waals surface area contributed by atoms with Crippen molar-refractivity contribution in [2.45, 2.75) is 13.5 Å². The first kappa shape index (κ1) is 17.1. The Kier molecular flexibility index (Phi) is 4.76. The summed E-state index contributed by atoms with van der Waals surface area (Å²) in [6.07, 6.45) is 1.71. The number of amides is 1. The fraction of sp³-hybridized carbons (Fsp3) is 0.100. The third kappa shape index (κ3) is 4.09. The number of nitrogens with zero attached hydrogens (tertiary/aromatic N) is 3. The minimum atomic E-state index is -0.0360. The molecule has 0 bridgehead atoms. The zero-order chi connectivity index (χ0) is 18.6. The van der Waals surface area contributed by atoms with E-state index in [1.807, 2.05) is 53.9 Å². The van der Waals surface area contributed by atoms with Crippen molar-refractivity contribution in [3.05, 3.63) is 65.7 Å². The van der Waals surface area contributed by atoms with Gasteiger partial charge in [-0.1, -0.05) is 36.4 Å². The van der Waals surface area contributed by atoms with E-state index in [-0.39, 0.29) is 5.91 Å². The summed E-state index contributed by atoms with van der Waals surface area (Å²) in [5.41, 5.74) is 4.67. The maximum atomic E-state index is 11.0. The van der Waals surface area contributed by atoms with Crippen LogP contribution in [0, 0.1) is 0 Å². The molecule has 0 aliphatic carbocycles. The molecular formula is C20H17N5OS. The molecule has 4 rings (SSSR count). The second kappa shape index (κ2) is 7.51. The minimum absolute atomic E-state index is 0.0360. The Labute approximate surface area is 160 Å². The zero-order valence-electron chi connectivity index (χ0n) is 14.6. The highest BCUT2D eigenvalue weighted by Crippen LogP contribution is 2.27. The van der Waals surface area contributed by atoms with Crippen LogP contribution in [-0.4, -0.2) is 20.9 Å². The van der Waals surface area contributed by atoms with Gasteiger partial charge in [-0.15, -0.1) is 11.3 Å². The smallest absolute Gasteiger partial charge is 0.217 e. The Bertz CT molecular complexity index is 1090. The number of aromatic nitrogens is 3. The van der Waals surface area contributed by atoms with Gasteiger partial charge in [-0.25, -0.2) is 9.97 Å².